The third-order valence-electron chi connectivity index (χ3n) is 7.97. The Labute approximate surface area is 242 Å². The fourth-order valence-electron chi connectivity index (χ4n) is 5.91. The van der Waals surface area contributed by atoms with Crippen molar-refractivity contribution >= 4 is 16.8 Å². The van der Waals surface area contributed by atoms with Crippen molar-refractivity contribution in [2.75, 3.05) is 26.2 Å². The number of nitrogens with one attached hydrogen (secondary N) is 1. The lowest BCUT2D eigenvalue weighted by atomic mass is 9.88. The summed E-state index contributed by atoms with van der Waals surface area (Å²) in [6.45, 7) is 4.63. The topological polar surface area (TPSA) is 46.5 Å². The zero-order valence-corrected chi connectivity index (χ0v) is 23.4. The number of nitrogens with zero attached hydrogens (tertiary/aromatic N) is 2. The van der Waals surface area contributed by atoms with E-state index in [2.05, 4.69) is 81.6 Å². The van der Waals surface area contributed by atoms with Gasteiger partial charge in [0.25, 0.3) is 0 Å². The first-order valence-electron chi connectivity index (χ1n) is 14.7. The smallest absolute Gasteiger partial charge is 0.220 e. The molecular formula is C36H37N3O2. The Morgan fingerprint density at radius 2 is 1.51 bits per heavy atom. The van der Waals surface area contributed by atoms with Gasteiger partial charge in [-0.2, -0.15) is 0 Å². The average Bonchev–Trinajstić information content (AvgIpc) is 3.66. The van der Waals surface area contributed by atoms with Gasteiger partial charge >= 0.3 is 0 Å². The van der Waals surface area contributed by atoms with Crippen LogP contribution in [0.3, 0.4) is 0 Å². The maximum Gasteiger partial charge on any atom is 0.220 e. The van der Waals surface area contributed by atoms with E-state index in [1.54, 1.807) is 0 Å². The van der Waals surface area contributed by atoms with Crippen LogP contribution in [0.5, 0.6) is 11.5 Å². The third kappa shape index (κ3) is 6.69. The van der Waals surface area contributed by atoms with E-state index in [1.165, 1.54) is 29.3 Å². The van der Waals surface area contributed by atoms with Gasteiger partial charge in [-0.1, -0.05) is 78.9 Å². The molecule has 0 spiro atoms. The minimum atomic E-state index is -0.122. The van der Waals surface area contributed by atoms with E-state index in [0.29, 0.717) is 13.0 Å². The summed E-state index contributed by atoms with van der Waals surface area (Å²) < 4.78 is 8.50. The highest BCUT2D eigenvalue weighted by molar-refractivity contribution is 5.87. The van der Waals surface area contributed by atoms with Gasteiger partial charge in [-0.15, -0.1) is 0 Å². The van der Waals surface area contributed by atoms with Crippen molar-refractivity contribution in [3.05, 3.63) is 132 Å². The van der Waals surface area contributed by atoms with Gasteiger partial charge in [0.1, 0.15) is 11.5 Å². The van der Waals surface area contributed by atoms with Gasteiger partial charge < -0.3 is 19.5 Å². The Hall–Kier alpha value is -4.35. The molecule has 1 amide bonds. The molecule has 4 aromatic carbocycles. The molecule has 1 N–H and O–H groups in total. The largest absolute Gasteiger partial charge is 0.457 e. The van der Waals surface area contributed by atoms with Crippen LogP contribution in [0.2, 0.25) is 0 Å². The molecule has 0 unspecified atom stereocenters. The Kier molecular flexibility index (Phi) is 8.43. The highest BCUT2D eigenvalue weighted by atomic mass is 16.5. The van der Waals surface area contributed by atoms with Crippen LogP contribution in [0.25, 0.3) is 10.9 Å². The number of fused-ring (bicyclic) bond motifs is 1. The van der Waals surface area contributed by atoms with Gasteiger partial charge in [0.15, 0.2) is 0 Å². The highest BCUT2D eigenvalue weighted by Gasteiger charge is 2.24. The van der Waals surface area contributed by atoms with Crippen molar-refractivity contribution < 1.29 is 9.53 Å². The number of carbonyl (C=O) groups is 1. The molecule has 208 valence electrons. The fraction of sp³-hybridized carbons (Fsp3) is 0.250. The molecule has 41 heavy (non-hydrogen) atoms. The molecule has 1 aliphatic rings. The summed E-state index contributed by atoms with van der Waals surface area (Å²) in [7, 11) is 0. The molecule has 5 nitrogen and oxygen atoms in total. The third-order valence-corrected chi connectivity index (χ3v) is 7.97. The summed E-state index contributed by atoms with van der Waals surface area (Å²) in [6, 6.07) is 37.1. The number of aromatic nitrogens is 1. The van der Waals surface area contributed by atoms with E-state index in [1.807, 2.05) is 48.5 Å². The van der Waals surface area contributed by atoms with E-state index >= 15 is 0 Å². The van der Waals surface area contributed by atoms with E-state index in [4.69, 9.17) is 4.74 Å². The molecule has 2 heterocycles. The lowest BCUT2D eigenvalue weighted by Gasteiger charge is -2.19. The lowest BCUT2D eigenvalue weighted by molar-refractivity contribution is -0.121. The Morgan fingerprint density at radius 3 is 2.32 bits per heavy atom. The molecule has 0 saturated carbocycles. The zero-order valence-electron chi connectivity index (χ0n) is 23.4. The molecule has 1 saturated heterocycles. The van der Waals surface area contributed by atoms with Crippen LogP contribution in [0, 0.1) is 0 Å². The molecule has 1 atom stereocenters. The number of hydrogen-bond acceptors (Lipinski definition) is 3. The van der Waals surface area contributed by atoms with Crippen molar-refractivity contribution in [2.24, 2.45) is 0 Å². The number of amides is 1. The number of rotatable bonds is 11. The monoisotopic (exact) mass is 543 g/mol. The molecule has 6 rings (SSSR count). The summed E-state index contributed by atoms with van der Waals surface area (Å²) in [4.78, 5) is 15.8. The number of likely N-dealkylation sites (tertiary alicyclic amines) is 1. The van der Waals surface area contributed by atoms with E-state index in [-0.39, 0.29) is 11.8 Å². The molecule has 0 bridgehead atoms. The lowest BCUT2D eigenvalue weighted by Crippen LogP contribution is -2.34. The number of carbonyl (C=O) groups excluding carboxylic acids is 1. The van der Waals surface area contributed by atoms with Gasteiger partial charge in [0, 0.05) is 49.1 Å². The summed E-state index contributed by atoms with van der Waals surface area (Å²) >= 11 is 0. The number of ether oxygens (including phenoxy) is 1. The van der Waals surface area contributed by atoms with E-state index in [0.717, 1.165) is 48.8 Å². The van der Waals surface area contributed by atoms with Gasteiger partial charge in [-0.25, -0.2) is 0 Å². The molecule has 5 heteroatoms. The van der Waals surface area contributed by atoms with Gasteiger partial charge in [0.2, 0.25) is 5.91 Å². The molecule has 0 radical (unpaired) electrons. The first kappa shape index (κ1) is 26.9. The van der Waals surface area contributed by atoms with Gasteiger partial charge in [0.05, 0.1) is 0 Å². The minimum absolute atomic E-state index is 0.0727. The summed E-state index contributed by atoms with van der Waals surface area (Å²) in [6.07, 6.45) is 5.12. The van der Waals surface area contributed by atoms with Crippen LogP contribution in [-0.4, -0.2) is 41.6 Å². The fourth-order valence-corrected chi connectivity index (χ4v) is 5.91. The average molecular weight is 544 g/mol. The summed E-state index contributed by atoms with van der Waals surface area (Å²) in [5, 5.41) is 4.38. The molecule has 1 aliphatic heterocycles. The minimum Gasteiger partial charge on any atom is -0.457 e. The quantitative estimate of drug-likeness (QED) is 0.191. The van der Waals surface area contributed by atoms with Crippen LogP contribution in [0.1, 0.15) is 41.9 Å². The van der Waals surface area contributed by atoms with Crippen LogP contribution in [-0.2, 0) is 11.3 Å². The summed E-state index contributed by atoms with van der Waals surface area (Å²) in [5.41, 5.74) is 4.63. The second kappa shape index (κ2) is 12.9. The van der Waals surface area contributed by atoms with E-state index < -0.39 is 0 Å². The zero-order chi connectivity index (χ0) is 27.9. The number of benzene rings is 4. The van der Waals surface area contributed by atoms with Crippen molar-refractivity contribution in [1.29, 1.82) is 0 Å². The molecule has 5 aromatic rings. The van der Waals surface area contributed by atoms with Gasteiger partial charge in [-0.05, 0) is 73.0 Å². The molecule has 1 aromatic heterocycles. The predicted molar refractivity (Wildman–Crippen MR) is 166 cm³/mol. The van der Waals surface area contributed by atoms with Gasteiger partial charge in [-0.3, -0.25) is 4.79 Å². The second-order valence-electron chi connectivity index (χ2n) is 10.9. The maximum absolute atomic E-state index is 13.4. The first-order chi connectivity index (χ1) is 20.2. The second-order valence-corrected chi connectivity index (χ2v) is 10.9. The van der Waals surface area contributed by atoms with Crippen molar-refractivity contribution in [3.8, 4) is 11.5 Å². The summed E-state index contributed by atoms with van der Waals surface area (Å²) in [5.74, 6) is 1.51. The molecule has 1 fully saturated rings. The first-order valence-corrected chi connectivity index (χ1v) is 14.7. The van der Waals surface area contributed by atoms with Crippen molar-refractivity contribution in [2.45, 2.75) is 31.7 Å². The van der Waals surface area contributed by atoms with Crippen LogP contribution < -0.4 is 10.1 Å². The Morgan fingerprint density at radius 1 is 0.805 bits per heavy atom. The normalized spacial score (nSPS) is 14.2. The Balaban J connectivity index is 1.32. The van der Waals surface area contributed by atoms with Crippen molar-refractivity contribution in [3.63, 3.8) is 0 Å². The highest BCUT2D eigenvalue weighted by Crippen LogP contribution is 2.37. The standard InChI is InChI=1S/C36H37N3O2/c40-36(37-20-23-38-21-9-10-22-38)25-33(29-14-11-17-31(24-29)41-30-15-5-2-6-16-30)34-27-39(26-28-12-3-1-4-13-28)35-19-8-7-18-32(34)35/h1-8,11-19,24,27,33H,9-10,20-23,25-26H2,(H,37,40)/t33-/m0/s1. The number of para-hydroxylation sites is 2. The van der Waals surface area contributed by atoms with Crippen molar-refractivity contribution in [1.82, 2.24) is 14.8 Å². The molecular weight excluding hydrogens is 506 g/mol. The van der Waals surface area contributed by atoms with E-state index in [9.17, 15) is 4.79 Å². The SMILES string of the molecule is O=C(C[C@@H](c1cccc(Oc2ccccc2)c1)c1cn(Cc2ccccc2)c2ccccc12)NCCN1CCCC1. The van der Waals surface area contributed by atoms with Crippen LogP contribution in [0.4, 0.5) is 0 Å². The molecule has 0 aliphatic carbocycles. The van der Waals surface area contributed by atoms with Crippen LogP contribution in [0.15, 0.2) is 115 Å². The van der Waals surface area contributed by atoms with Crippen LogP contribution >= 0.6 is 0 Å². The Bertz CT molecular complexity index is 1570. The number of hydrogen-bond donors (Lipinski definition) is 1. The maximum atomic E-state index is 13.4. The predicted octanol–water partition coefficient (Wildman–Crippen LogP) is 7.22.